The number of rotatable bonds is 4. The summed E-state index contributed by atoms with van der Waals surface area (Å²) in [6, 6.07) is 17.6. The molecule has 118 valence electrons. The van der Waals surface area contributed by atoms with E-state index in [2.05, 4.69) is 20.6 Å². The summed E-state index contributed by atoms with van der Waals surface area (Å²) in [5, 5.41) is 5.29. The molecule has 0 unspecified atom stereocenters. The first-order valence-corrected chi connectivity index (χ1v) is 7.27. The maximum Gasteiger partial charge on any atom is 0.256 e. The van der Waals surface area contributed by atoms with Gasteiger partial charge in [-0.3, -0.25) is 9.59 Å². The predicted molar refractivity (Wildman–Crippen MR) is 90.8 cm³/mol. The maximum absolute atomic E-state index is 12.0. The van der Waals surface area contributed by atoms with Gasteiger partial charge in [0.25, 0.3) is 11.8 Å². The summed E-state index contributed by atoms with van der Waals surface area (Å²) in [5.41, 5.74) is 1.06. The first-order valence-electron chi connectivity index (χ1n) is 7.27. The van der Waals surface area contributed by atoms with Crippen LogP contribution >= 0.6 is 0 Å². The quantitative estimate of drug-likeness (QED) is 0.774. The van der Waals surface area contributed by atoms with E-state index in [1.54, 1.807) is 48.5 Å². The molecule has 2 aromatic carbocycles. The number of nitrogens with zero attached hydrogens (tertiary/aromatic N) is 2. The van der Waals surface area contributed by atoms with Crippen LogP contribution in [0.25, 0.3) is 0 Å². The van der Waals surface area contributed by atoms with Gasteiger partial charge in [0.1, 0.15) is 0 Å². The summed E-state index contributed by atoms with van der Waals surface area (Å²) in [5.74, 6) is 0.0695. The Morgan fingerprint density at radius 1 is 0.625 bits per heavy atom. The lowest BCUT2D eigenvalue weighted by Gasteiger charge is -2.06. The van der Waals surface area contributed by atoms with Crippen LogP contribution in [-0.4, -0.2) is 21.8 Å². The van der Waals surface area contributed by atoms with Crippen molar-refractivity contribution in [3.8, 4) is 0 Å². The highest BCUT2D eigenvalue weighted by Gasteiger charge is 2.08. The Bertz CT molecular complexity index is 761. The Balaban J connectivity index is 1.63. The van der Waals surface area contributed by atoms with Crippen molar-refractivity contribution in [1.82, 2.24) is 9.97 Å². The van der Waals surface area contributed by atoms with E-state index in [0.717, 1.165) is 0 Å². The molecule has 1 aromatic heterocycles. The van der Waals surface area contributed by atoms with E-state index >= 15 is 0 Å². The second-order valence-corrected chi connectivity index (χ2v) is 4.93. The number of hydrogen-bond acceptors (Lipinski definition) is 4. The highest BCUT2D eigenvalue weighted by atomic mass is 16.2. The molecule has 6 heteroatoms. The van der Waals surface area contributed by atoms with E-state index in [1.165, 1.54) is 12.4 Å². The SMILES string of the molecule is O=C(Nc1cnc(NC(=O)c2ccccc2)cn1)c1ccccc1. The van der Waals surface area contributed by atoms with Crippen LogP contribution in [0.3, 0.4) is 0 Å². The van der Waals surface area contributed by atoms with Gasteiger partial charge in [-0.1, -0.05) is 36.4 Å². The first kappa shape index (κ1) is 15.4. The molecule has 3 rings (SSSR count). The number of anilines is 2. The highest BCUT2D eigenvalue weighted by molar-refractivity contribution is 6.04. The maximum atomic E-state index is 12.0. The number of amides is 2. The molecule has 0 aliphatic carbocycles. The highest BCUT2D eigenvalue weighted by Crippen LogP contribution is 2.09. The van der Waals surface area contributed by atoms with Crippen molar-refractivity contribution in [2.24, 2.45) is 0 Å². The molecule has 0 fully saturated rings. The molecule has 0 saturated carbocycles. The zero-order chi connectivity index (χ0) is 16.8. The van der Waals surface area contributed by atoms with Crippen molar-refractivity contribution in [3.63, 3.8) is 0 Å². The van der Waals surface area contributed by atoms with Crippen LogP contribution in [0.1, 0.15) is 20.7 Å². The largest absolute Gasteiger partial charge is 0.305 e. The minimum absolute atomic E-state index is 0.272. The summed E-state index contributed by atoms with van der Waals surface area (Å²) in [6.07, 6.45) is 2.78. The average molecular weight is 318 g/mol. The Kier molecular flexibility index (Phi) is 4.57. The van der Waals surface area contributed by atoms with Gasteiger partial charge in [0.15, 0.2) is 11.6 Å². The summed E-state index contributed by atoms with van der Waals surface area (Å²) < 4.78 is 0. The molecular weight excluding hydrogens is 304 g/mol. The lowest BCUT2D eigenvalue weighted by atomic mass is 10.2. The fraction of sp³-hybridized carbons (Fsp3) is 0. The van der Waals surface area contributed by atoms with Crippen LogP contribution in [0.4, 0.5) is 11.6 Å². The molecule has 0 bridgehead atoms. The monoisotopic (exact) mass is 318 g/mol. The Morgan fingerprint density at radius 2 is 1.00 bits per heavy atom. The van der Waals surface area contributed by atoms with Crippen molar-refractivity contribution in [3.05, 3.63) is 84.2 Å². The third kappa shape index (κ3) is 3.80. The van der Waals surface area contributed by atoms with Gasteiger partial charge in [0, 0.05) is 11.1 Å². The van der Waals surface area contributed by atoms with Crippen LogP contribution < -0.4 is 10.6 Å². The van der Waals surface area contributed by atoms with Crippen LogP contribution in [0.15, 0.2) is 73.1 Å². The topological polar surface area (TPSA) is 84.0 Å². The molecule has 0 aliphatic heterocycles. The summed E-state index contributed by atoms with van der Waals surface area (Å²) in [7, 11) is 0. The molecule has 0 spiro atoms. The molecular formula is C18H14N4O2. The van der Waals surface area contributed by atoms with Gasteiger partial charge >= 0.3 is 0 Å². The summed E-state index contributed by atoms with van der Waals surface area (Å²) in [4.78, 5) is 32.2. The molecule has 6 nitrogen and oxygen atoms in total. The third-order valence-electron chi connectivity index (χ3n) is 3.21. The summed E-state index contributed by atoms with van der Waals surface area (Å²) in [6.45, 7) is 0. The minimum atomic E-state index is -0.272. The van der Waals surface area contributed by atoms with Gasteiger partial charge in [-0.05, 0) is 24.3 Å². The van der Waals surface area contributed by atoms with Gasteiger partial charge in [-0.15, -0.1) is 0 Å². The zero-order valence-corrected chi connectivity index (χ0v) is 12.6. The van der Waals surface area contributed by atoms with Crippen molar-refractivity contribution in [2.45, 2.75) is 0 Å². The predicted octanol–water partition coefficient (Wildman–Crippen LogP) is 2.98. The molecule has 2 N–H and O–H groups in total. The van der Waals surface area contributed by atoms with Gasteiger partial charge in [0.05, 0.1) is 12.4 Å². The van der Waals surface area contributed by atoms with E-state index in [4.69, 9.17) is 0 Å². The Morgan fingerprint density at radius 3 is 1.33 bits per heavy atom. The number of nitrogens with one attached hydrogen (secondary N) is 2. The van der Waals surface area contributed by atoms with E-state index < -0.39 is 0 Å². The molecule has 2 amide bonds. The van der Waals surface area contributed by atoms with E-state index in [1.807, 2.05) is 12.1 Å². The fourth-order valence-corrected chi connectivity index (χ4v) is 2.01. The molecule has 3 aromatic rings. The first-order chi connectivity index (χ1) is 11.7. The Hall–Kier alpha value is -3.54. The zero-order valence-electron chi connectivity index (χ0n) is 12.6. The van der Waals surface area contributed by atoms with Gasteiger partial charge in [-0.2, -0.15) is 0 Å². The van der Waals surface area contributed by atoms with Crippen LogP contribution in [-0.2, 0) is 0 Å². The Labute approximate surface area is 138 Å². The normalized spacial score (nSPS) is 10.0. The van der Waals surface area contributed by atoms with E-state index in [9.17, 15) is 9.59 Å². The molecule has 0 radical (unpaired) electrons. The van der Waals surface area contributed by atoms with E-state index in [0.29, 0.717) is 22.8 Å². The number of hydrogen-bond donors (Lipinski definition) is 2. The third-order valence-corrected chi connectivity index (χ3v) is 3.21. The van der Waals surface area contributed by atoms with Crippen molar-refractivity contribution in [1.29, 1.82) is 0 Å². The second-order valence-electron chi connectivity index (χ2n) is 4.93. The number of aromatic nitrogens is 2. The molecule has 0 saturated heterocycles. The minimum Gasteiger partial charge on any atom is -0.305 e. The molecule has 0 aliphatic rings. The standard InChI is InChI=1S/C18H14N4O2/c23-17(13-7-3-1-4-8-13)21-15-11-20-16(12-19-15)22-18(24)14-9-5-2-6-10-14/h1-12H,(H,19,21,23)(H,20,22,24). The van der Waals surface area contributed by atoms with Crippen molar-refractivity contribution >= 4 is 23.5 Å². The number of benzene rings is 2. The second kappa shape index (κ2) is 7.15. The van der Waals surface area contributed by atoms with Crippen LogP contribution in [0, 0.1) is 0 Å². The number of carbonyl (C=O) groups is 2. The fourth-order valence-electron chi connectivity index (χ4n) is 2.01. The average Bonchev–Trinajstić information content (AvgIpc) is 2.65. The van der Waals surface area contributed by atoms with Gasteiger partial charge in [0.2, 0.25) is 0 Å². The van der Waals surface area contributed by atoms with Gasteiger partial charge in [-0.25, -0.2) is 9.97 Å². The van der Waals surface area contributed by atoms with Crippen molar-refractivity contribution < 1.29 is 9.59 Å². The lowest BCUT2D eigenvalue weighted by molar-refractivity contribution is 0.101. The molecule has 0 atom stereocenters. The summed E-state index contributed by atoms with van der Waals surface area (Å²) >= 11 is 0. The van der Waals surface area contributed by atoms with Crippen LogP contribution in [0.5, 0.6) is 0 Å². The van der Waals surface area contributed by atoms with Gasteiger partial charge < -0.3 is 10.6 Å². The van der Waals surface area contributed by atoms with E-state index in [-0.39, 0.29) is 11.8 Å². The van der Waals surface area contributed by atoms with Crippen LogP contribution in [0.2, 0.25) is 0 Å². The van der Waals surface area contributed by atoms with Crippen molar-refractivity contribution in [2.75, 3.05) is 10.6 Å². The molecule has 1 heterocycles. The molecule has 24 heavy (non-hydrogen) atoms. The number of carbonyl (C=O) groups excluding carboxylic acids is 2. The smallest absolute Gasteiger partial charge is 0.256 e. The lowest BCUT2D eigenvalue weighted by Crippen LogP contribution is -2.15.